The minimum absolute atomic E-state index is 0.0532. The molecule has 2 heterocycles. The molecular formula is C15H22N4O. The van der Waals surface area contributed by atoms with Crippen LogP contribution < -0.4 is 16.0 Å². The third-order valence-corrected chi connectivity index (χ3v) is 4.45. The molecule has 2 aliphatic rings. The van der Waals surface area contributed by atoms with Crippen LogP contribution in [0, 0.1) is 5.92 Å². The van der Waals surface area contributed by atoms with Crippen molar-refractivity contribution in [3.8, 4) is 0 Å². The van der Waals surface area contributed by atoms with Gasteiger partial charge in [0, 0.05) is 24.8 Å². The van der Waals surface area contributed by atoms with E-state index in [9.17, 15) is 4.79 Å². The molecule has 0 spiro atoms. The highest BCUT2D eigenvalue weighted by atomic mass is 16.1. The molecule has 1 amide bonds. The summed E-state index contributed by atoms with van der Waals surface area (Å²) in [6, 6.07) is 4.51. The zero-order valence-corrected chi connectivity index (χ0v) is 12.3. The number of nitrogen functional groups attached to an aromatic ring is 1. The molecule has 2 unspecified atom stereocenters. The molecule has 0 bridgehead atoms. The number of nitrogens with two attached hydrogens (primary N) is 1. The van der Waals surface area contributed by atoms with Crippen LogP contribution in [0.25, 0.3) is 0 Å². The molecule has 20 heavy (non-hydrogen) atoms. The molecule has 0 aromatic heterocycles. The molecule has 2 aliphatic heterocycles. The number of fused-ring (bicyclic) bond motifs is 1. The van der Waals surface area contributed by atoms with Crippen molar-refractivity contribution < 1.29 is 4.79 Å². The maximum atomic E-state index is 11.5. The molecule has 0 saturated carbocycles. The van der Waals surface area contributed by atoms with E-state index in [2.05, 4.69) is 36.1 Å². The molecule has 1 saturated heterocycles. The summed E-state index contributed by atoms with van der Waals surface area (Å²) >= 11 is 0. The second-order valence-corrected chi connectivity index (χ2v) is 6.21. The van der Waals surface area contributed by atoms with Gasteiger partial charge in [-0.05, 0) is 37.7 Å². The predicted octanol–water partition coefficient (Wildman–Crippen LogP) is 1.15. The average Bonchev–Trinajstić information content (AvgIpc) is 2.90. The second-order valence-electron chi connectivity index (χ2n) is 6.21. The highest BCUT2D eigenvalue weighted by molar-refractivity contribution is 6.00. The van der Waals surface area contributed by atoms with E-state index in [-0.39, 0.29) is 5.91 Å². The van der Waals surface area contributed by atoms with Crippen molar-refractivity contribution in [1.29, 1.82) is 0 Å². The molecule has 1 aromatic carbocycles. The van der Waals surface area contributed by atoms with Crippen molar-refractivity contribution in [2.45, 2.75) is 19.4 Å². The molecule has 108 valence electrons. The molecule has 0 aliphatic carbocycles. The number of benzene rings is 1. The van der Waals surface area contributed by atoms with Crippen LogP contribution in [0.15, 0.2) is 12.1 Å². The fraction of sp³-hybridized carbons (Fsp3) is 0.533. The van der Waals surface area contributed by atoms with Gasteiger partial charge < -0.3 is 20.9 Å². The lowest BCUT2D eigenvalue weighted by Crippen LogP contribution is -2.34. The molecule has 2 atom stereocenters. The number of amides is 1. The first-order valence-corrected chi connectivity index (χ1v) is 7.09. The third kappa shape index (κ3) is 2.12. The Balaban J connectivity index is 1.89. The van der Waals surface area contributed by atoms with Crippen molar-refractivity contribution in [3.05, 3.63) is 17.7 Å². The van der Waals surface area contributed by atoms with Gasteiger partial charge in [0.25, 0.3) is 0 Å². The summed E-state index contributed by atoms with van der Waals surface area (Å²) in [6.45, 7) is 4.25. The van der Waals surface area contributed by atoms with E-state index in [1.807, 2.05) is 12.1 Å². The van der Waals surface area contributed by atoms with Gasteiger partial charge in [0.15, 0.2) is 0 Å². The van der Waals surface area contributed by atoms with Crippen molar-refractivity contribution >= 4 is 23.0 Å². The smallest absolute Gasteiger partial charge is 0.228 e. The van der Waals surface area contributed by atoms with Crippen LogP contribution in [-0.2, 0) is 11.2 Å². The van der Waals surface area contributed by atoms with Crippen LogP contribution in [0.3, 0.4) is 0 Å². The van der Waals surface area contributed by atoms with Crippen molar-refractivity contribution in [2.75, 3.05) is 43.1 Å². The van der Waals surface area contributed by atoms with Gasteiger partial charge in [-0.15, -0.1) is 0 Å². The van der Waals surface area contributed by atoms with Crippen LogP contribution in [0.2, 0.25) is 0 Å². The summed E-state index contributed by atoms with van der Waals surface area (Å²) in [5, 5.41) is 2.90. The van der Waals surface area contributed by atoms with Gasteiger partial charge in [-0.1, -0.05) is 6.92 Å². The lowest BCUT2D eigenvalue weighted by molar-refractivity contribution is -0.115. The van der Waals surface area contributed by atoms with Crippen LogP contribution in [0.4, 0.5) is 17.1 Å². The summed E-state index contributed by atoms with van der Waals surface area (Å²) in [4.78, 5) is 16.1. The Morgan fingerprint density at radius 2 is 2.10 bits per heavy atom. The summed E-state index contributed by atoms with van der Waals surface area (Å²) in [6.07, 6.45) is 0.441. The molecule has 3 rings (SSSR count). The number of nitrogens with one attached hydrogen (secondary N) is 1. The van der Waals surface area contributed by atoms with Crippen molar-refractivity contribution in [3.63, 3.8) is 0 Å². The van der Waals surface area contributed by atoms with E-state index in [0.717, 1.165) is 35.7 Å². The number of hydrogen-bond donors (Lipinski definition) is 2. The summed E-state index contributed by atoms with van der Waals surface area (Å²) < 4.78 is 0. The Morgan fingerprint density at radius 1 is 1.35 bits per heavy atom. The monoisotopic (exact) mass is 274 g/mol. The summed E-state index contributed by atoms with van der Waals surface area (Å²) in [5.41, 5.74) is 9.93. The number of likely N-dealkylation sites (N-methyl/N-ethyl adjacent to an activating group) is 1. The van der Waals surface area contributed by atoms with Crippen molar-refractivity contribution in [2.24, 2.45) is 5.92 Å². The third-order valence-electron chi connectivity index (χ3n) is 4.45. The standard InChI is InChI=1S/C15H22N4O/c1-9-7-19(8-14(9)18(2)3)13-6-12-10(4-11(13)16)5-15(20)17-12/h4,6,9,14H,5,7-8,16H2,1-3H3,(H,17,20). The van der Waals surface area contributed by atoms with Gasteiger partial charge in [-0.2, -0.15) is 0 Å². The van der Waals surface area contributed by atoms with E-state index >= 15 is 0 Å². The van der Waals surface area contributed by atoms with Gasteiger partial charge in [-0.25, -0.2) is 0 Å². The Labute approximate surface area is 119 Å². The Morgan fingerprint density at radius 3 is 2.75 bits per heavy atom. The van der Waals surface area contributed by atoms with Gasteiger partial charge in [0.1, 0.15) is 0 Å². The first-order chi connectivity index (χ1) is 9.45. The SMILES string of the molecule is CC1CN(c2cc3c(cc2N)CC(=O)N3)CC1N(C)C. The maximum absolute atomic E-state index is 11.5. The maximum Gasteiger partial charge on any atom is 0.228 e. The normalized spacial score (nSPS) is 25.2. The van der Waals surface area contributed by atoms with Crippen LogP contribution >= 0.6 is 0 Å². The van der Waals surface area contributed by atoms with Crippen molar-refractivity contribution in [1.82, 2.24) is 4.90 Å². The van der Waals surface area contributed by atoms with E-state index in [1.165, 1.54) is 0 Å². The number of carbonyl (C=O) groups is 1. The number of nitrogens with zero attached hydrogens (tertiary/aromatic N) is 2. The zero-order valence-electron chi connectivity index (χ0n) is 12.3. The van der Waals surface area contributed by atoms with Gasteiger partial charge in [0.2, 0.25) is 5.91 Å². The number of hydrogen-bond acceptors (Lipinski definition) is 4. The van der Waals surface area contributed by atoms with E-state index in [0.29, 0.717) is 18.4 Å². The number of rotatable bonds is 2. The van der Waals surface area contributed by atoms with Gasteiger partial charge >= 0.3 is 0 Å². The molecule has 0 radical (unpaired) electrons. The fourth-order valence-corrected chi connectivity index (χ4v) is 3.37. The summed E-state index contributed by atoms with van der Waals surface area (Å²) in [7, 11) is 4.24. The Kier molecular flexibility index (Phi) is 3.09. The van der Waals surface area contributed by atoms with E-state index in [4.69, 9.17) is 5.73 Å². The van der Waals surface area contributed by atoms with Crippen LogP contribution in [0.1, 0.15) is 12.5 Å². The highest BCUT2D eigenvalue weighted by Crippen LogP contribution is 2.36. The first kappa shape index (κ1) is 13.2. The van der Waals surface area contributed by atoms with Crippen LogP contribution in [-0.4, -0.2) is 44.0 Å². The molecule has 1 aromatic rings. The minimum Gasteiger partial charge on any atom is -0.397 e. The predicted molar refractivity (Wildman–Crippen MR) is 82.0 cm³/mol. The topological polar surface area (TPSA) is 61.6 Å². The molecule has 1 fully saturated rings. The highest BCUT2D eigenvalue weighted by Gasteiger charge is 2.32. The number of anilines is 3. The van der Waals surface area contributed by atoms with Crippen LogP contribution in [0.5, 0.6) is 0 Å². The lowest BCUT2D eigenvalue weighted by Gasteiger charge is -2.24. The molecule has 5 heteroatoms. The molecule has 5 nitrogen and oxygen atoms in total. The fourth-order valence-electron chi connectivity index (χ4n) is 3.37. The number of carbonyl (C=O) groups excluding carboxylic acids is 1. The quantitative estimate of drug-likeness (QED) is 0.794. The Hall–Kier alpha value is -1.75. The van der Waals surface area contributed by atoms with E-state index in [1.54, 1.807) is 0 Å². The Bertz CT molecular complexity index is 555. The lowest BCUT2D eigenvalue weighted by atomic mass is 10.1. The average molecular weight is 274 g/mol. The second kappa shape index (κ2) is 4.66. The minimum atomic E-state index is 0.0532. The van der Waals surface area contributed by atoms with Gasteiger partial charge in [0.05, 0.1) is 17.8 Å². The zero-order chi connectivity index (χ0) is 14.4. The largest absolute Gasteiger partial charge is 0.397 e. The van der Waals surface area contributed by atoms with Gasteiger partial charge in [-0.3, -0.25) is 4.79 Å². The molecule has 3 N–H and O–H groups in total. The first-order valence-electron chi connectivity index (χ1n) is 7.09. The van der Waals surface area contributed by atoms with E-state index < -0.39 is 0 Å². The summed E-state index contributed by atoms with van der Waals surface area (Å²) in [5.74, 6) is 0.657. The molecular weight excluding hydrogens is 252 g/mol.